The van der Waals surface area contributed by atoms with Gasteiger partial charge in [-0.05, 0) is 74.4 Å². The molecule has 2 aromatic heterocycles. The molecule has 0 fully saturated rings. The number of esters is 1. The number of nitrogens with zero attached hydrogens (tertiary/aromatic N) is 5. The van der Waals surface area contributed by atoms with E-state index in [9.17, 15) is 4.79 Å². The maximum absolute atomic E-state index is 11.0. The van der Waals surface area contributed by atoms with Crippen LogP contribution in [0.25, 0.3) is 9.53 Å². The Morgan fingerprint density at radius 2 is 1.43 bits per heavy atom. The van der Waals surface area contributed by atoms with Crippen LogP contribution in [0.5, 0.6) is 5.75 Å². The molecule has 0 saturated heterocycles. The predicted molar refractivity (Wildman–Crippen MR) is 181 cm³/mol. The molecule has 44 heavy (non-hydrogen) atoms. The molecule has 0 unspecified atom stereocenters. The monoisotopic (exact) mass is 632 g/mol. The van der Waals surface area contributed by atoms with E-state index in [0.717, 1.165) is 63.2 Å². The van der Waals surface area contributed by atoms with E-state index in [1.807, 2.05) is 54.6 Å². The van der Waals surface area contributed by atoms with Gasteiger partial charge in [-0.2, -0.15) is 0 Å². The number of carbonyl (C=O) groups is 1. The van der Waals surface area contributed by atoms with E-state index in [0.29, 0.717) is 18.3 Å². The number of rotatable bonds is 20. The van der Waals surface area contributed by atoms with Gasteiger partial charge in [0.2, 0.25) is 5.13 Å². The molecule has 0 radical (unpaired) electrons. The molecule has 0 saturated carbocycles. The van der Waals surface area contributed by atoms with Gasteiger partial charge in [0, 0.05) is 18.3 Å². The number of unbranched alkanes of at least 4 members (excludes halogenated alkanes) is 8. The fourth-order valence-electron chi connectivity index (χ4n) is 4.33. The van der Waals surface area contributed by atoms with E-state index in [1.54, 1.807) is 0 Å². The number of hydrogen-bond acceptors (Lipinski definition) is 11. The highest BCUT2D eigenvalue weighted by Crippen LogP contribution is 2.39. The molecular formula is C33H40N6O3S2. The molecule has 4 aromatic rings. The standard InChI is InChI=1S/C33H40N6O3S2/c1-3-31(40)42-23-13-11-9-7-5-6-8-10-12-22-41-28-20-18-27(19-21-28)36-38-30-24-29-32(44-30)35-33(43-29)39-37-26-16-14-25(15-17-26)34-4-2/h3,14-21,24,34H,1,4-13,22-23H2,2H3. The lowest BCUT2D eigenvalue weighted by molar-refractivity contribution is -0.137. The summed E-state index contributed by atoms with van der Waals surface area (Å²) in [5.41, 5.74) is 2.62. The first-order valence-electron chi connectivity index (χ1n) is 15.2. The van der Waals surface area contributed by atoms with E-state index in [-0.39, 0.29) is 5.97 Å². The number of thiophene rings is 1. The maximum Gasteiger partial charge on any atom is 0.330 e. The van der Waals surface area contributed by atoms with Crippen molar-refractivity contribution < 1.29 is 14.3 Å². The third kappa shape index (κ3) is 11.6. The van der Waals surface area contributed by atoms with Gasteiger partial charge in [-0.3, -0.25) is 0 Å². The summed E-state index contributed by atoms with van der Waals surface area (Å²) >= 11 is 2.97. The third-order valence-corrected chi connectivity index (χ3v) is 8.56. The Labute approximate surface area is 267 Å². The minimum absolute atomic E-state index is 0.334. The van der Waals surface area contributed by atoms with Crippen molar-refractivity contribution in [1.82, 2.24) is 4.98 Å². The fraction of sp³-hybridized carbons (Fsp3) is 0.394. The quantitative estimate of drug-likeness (QED) is 0.0451. The maximum atomic E-state index is 11.0. The smallest absolute Gasteiger partial charge is 0.330 e. The van der Waals surface area contributed by atoms with Gasteiger partial charge in [-0.15, -0.1) is 20.5 Å². The average molecular weight is 633 g/mol. The lowest BCUT2D eigenvalue weighted by Gasteiger charge is -2.06. The molecule has 0 amide bonds. The normalized spacial score (nSPS) is 11.5. The van der Waals surface area contributed by atoms with Crippen LogP contribution < -0.4 is 10.1 Å². The van der Waals surface area contributed by atoms with Gasteiger partial charge in [0.15, 0.2) is 0 Å². The van der Waals surface area contributed by atoms with Crippen molar-refractivity contribution in [3.63, 3.8) is 0 Å². The van der Waals surface area contributed by atoms with Crippen LogP contribution in [0.1, 0.15) is 64.7 Å². The Kier molecular flexibility index (Phi) is 14.0. The number of ether oxygens (including phenoxy) is 2. The van der Waals surface area contributed by atoms with Crippen LogP contribution in [0.3, 0.4) is 0 Å². The lowest BCUT2D eigenvalue weighted by Crippen LogP contribution is -2.01. The molecule has 0 aliphatic rings. The van der Waals surface area contributed by atoms with E-state index in [4.69, 9.17) is 9.47 Å². The molecule has 2 aromatic carbocycles. The summed E-state index contributed by atoms with van der Waals surface area (Å²) in [7, 11) is 0. The van der Waals surface area contributed by atoms with Crippen molar-refractivity contribution in [1.29, 1.82) is 0 Å². The Balaban J connectivity index is 1.08. The van der Waals surface area contributed by atoms with E-state index >= 15 is 0 Å². The van der Waals surface area contributed by atoms with Crippen LogP contribution in [0.15, 0.2) is 87.7 Å². The van der Waals surface area contributed by atoms with E-state index < -0.39 is 0 Å². The SMILES string of the molecule is C=CC(=O)OCCCCCCCCCCCOc1ccc(N=Nc2cc3sc(N=Nc4ccc(NCC)cc4)nc3s2)cc1. The summed E-state index contributed by atoms with van der Waals surface area (Å²) < 4.78 is 11.9. The molecule has 232 valence electrons. The summed E-state index contributed by atoms with van der Waals surface area (Å²) in [5, 5.41) is 22.0. The number of thiazole rings is 1. The van der Waals surface area contributed by atoms with Gasteiger partial charge in [0.05, 0.1) is 29.3 Å². The first kappa shape index (κ1) is 32.9. The van der Waals surface area contributed by atoms with Crippen molar-refractivity contribution in [3.05, 3.63) is 67.3 Å². The Bertz CT molecular complexity index is 1460. The van der Waals surface area contributed by atoms with E-state index in [1.165, 1.54) is 67.3 Å². The molecular weight excluding hydrogens is 593 g/mol. The highest BCUT2D eigenvalue weighted by molar-refractivity contribution is 7.30. The molecule has 2 heterocycles. The zero-order valence-corrected chi connectivity index (χ0v) is 26.9. The lowest BCUT2D eigenvalue weighted by atomic mass is 10.1. The van der Waals surface area contributed by atoms with Crippen molar-refractivity contribution in [3.8, 4) is 5.75 Å². The van der Waals surface area contributed by atoms with Crippen molar-refractivity contribution in [2.24, 2.45) is 20.5 Å². The second-order valence-electron chi connectivity index (χ2n) is 10.1. The summed E-state index contributed by atoms with van der Waals surface area (Å²) in [6.07, 6.45) is 11.6. The molecule has 0 aliphatic heterocycles. The summed E-state index contributed by atoms with van der Waals surface area (Å²) in [6, 6.07) is 17.5. The summed E-state index contributed by atoms with van der Waals surface area (Å²) in [4.78, 5) is 16.4. The molecule has 0 aliphatic carbocycles. The fourth-order valence-corrected chi connectivity index (χ4v) is 6.18. The van der Waals surface area contributed by atoms with Crippen LogP contribution in [-0.2, 0) is 9.53 Å². The van der Waals surface area contributed by atoms with Crippen LogP contribution in [0, 0.1) is 0 Å². The number of anilines is 1. The zero-order chi connectivity index (χ0) is 30.8. The van der Waals surface area contributed by atoms with Gasteiger partial charge in [-0.25, -0.2) is 9.78 Å². The van der Waals surface area contributed by atoms with Gasteiger partial charge in [0.25, 0.3) is 0 Å². The first-order chi connectivity index (χ1) is 21.6. The minimum atomic E-state index is -0.334. The minimum Gasteiger partial charge on any atom is -0.494 e. The van der Waals surface area contributed by atoms with E-state index in [2.05, 4.69) is 44.3 Å². The second-order valence-corrected chi connectivity index (χ2v) is 12.1. The van der Waals surface area contributed by atoms with Crippen LogP contribution in [0.2, 0.25) is 0 Å². The topological polar surface area (TPSA) is 110 Å². The van der Waals surface area contributed by atoms with Gasteiger partial charge in [-0.1, -0.05) is 74.2 Å². The molecule has 0 bridgehead atoms. The molecule has 1 N–H and O–H groups in total. The number of hydrogen-bond donors (Lipinski definition) is 1. The molecule has 4 rings (SSSR count). The highest BCUT2D eigenvalue weighted by Gasteiger charge is 2.08. The number of aromatic nitrogens is 1. The zero-order valence-electron chi connectivity index (χ0n) is 25.2. The van der Waals surface area contributed by atoms with Crippen molar-refractivity contribution >= 4 is 65.4 Å². The Hall–Kier alpha value is -3.96. The van der Waals surface area contributed by atoms with Gasteiger partial charge in [0.1, 0.15) is 15.6 Å². The van der Waals surface area contributed by atoms with Crippen LogP contribution in [0.4, 0.5) is 27.2 Å². The average Bonchev–Trinajstić information content (AvgIpc) is 3.61. The van der Waals surface area contributed by atoms with Gasteiger partial charge >= 0.3 is 5.97 Å². The van der Waals surface area contributed by atoms with Gasteiger partial charge < -0.3 is 14.8 Å². The highest BCUT2D eigenvalue weighted by atomic mass is 32.1. The molecule has 11 heteroatoms. The number of fused-ring (bicyclic) bond motifs is 1. The first-order valence-corrected chi connectivity index (χ1v) is 16.9. The molecule has 9 nitrogen and oxygen atoms in total. The largest absolute Gasteiger partial charge is 0.494 e. The summed E-state index contributed by atoms with van der Waals surface area (Å²) in [5.74, 6) is 0.512. The van der Waals surface area contributed by atoms with Crippen molar-refractivity contribution in [2.75, 3.05) is 25.1 Å². The molecule has 0 spiro atoms. The number of nitrogens with one attached hydrogen (secondary N) is 1. The number of carbonyl (C=O) groups excluding carboxylic acids is 1. The number of azo groups is 2. The van der Waals surface area contributed by atoms with Crippen LogP contribution >= 0.6 is 22.7 Å². The Morgan fingerprint density at radius 3 is 2.07 bits per heavy atom. The second kappa shape index (κ2) is 18.6. The van der Waals surface area contributed by atoms with Crippen molar-refractivity contribution in [2.45, 2.75) is 64.7 Å². The third-order valence-electron chi connectivity index (χ3n) is 6.63. The van der Waals surface area contributed by atoms with Crippen LogP contribution in [-0.4, -0.2) is 30.7 Å². The number of benzene rings is 2. The predicted octanol–water partition coefficient (Wildman–Crippen LogP) is 11.2. The Morgan fingerprint density at radius 1 is 0.818 bits per heavy atom. The molecule has 0 atom stereocenters. The summed E-state index contributed by atoms with van der Waals surface area (Å²) in [6.45, 7) is 7.55.